The van der Waals surface area contributed by atoms with Crippen molar-refractivity contribution in [2.45, 2.75) is 52.4 Å². The zero-order chi connectivity index (χ0) is 15.5. The zero-order valence-corrected chi connectivity index (χ0v) is 13.2. The summed E-state index contributed by atoms with van der Waals surface area (Å²) in [7, 11) is 0. The lowest BCUT2D eigenvalue weighted by Crippen LogP contribution is -2.12. The van der Waals surface area contributed by atoms with Gasteiger partial charge in [0.2, 0.25) is 0 Å². The second-order valence-corrected chi connectivity index (χ2v) is 5.30. The highest BCUT2D eigenvalue weighted by atomic mass is 16.4. The van der Waals surface area contributed by atoms with Crippen LogP contribution in [0.3, 0.4) is 0 Å². The first-order valence-corrected chi connectivity index (χ1v) is 8.04. The quantitative estimate of drug-likeness (QED) is 0.522. The first-order valence-electron chi connectivity index (χ1n) is 8.04. The van der Waals surface area contributed by atoms with Crippen molar-refractivity contribution in [2.75, 3.05) is 23.7 Å². The molecule has 4 heteroatoms. The Morgan fingerprint density at radius 1 is 1.00 bits per heavy atom. The molecule has 1 rings (SSSR count). The van der Waals surface area contributed by atoms with E-state index in [4.69, 9.17) is 0 Å². The molecule has 4 nitrogen and oxygen atoms in total. The third-order valence-electron chi connectivity index (χ3n) is 3.47. The first kappa shape index (κ1) is 17.3. The van der Waals surface area contributed by atoms with E-state index in [1.165, 1.54) is 12.8 Å². The molecule has 118 valence electrons. The van der Waals surface area contributed by atoms with Crippen LogP contribution in [0.25, 0.3) is 0 Å². The highest BCUT2D eigenvalue weighted by Gasteiger charge is 2.13. The van der Waals surface area contributed by atoms with Crippen LogP contribution in [0.5, 0.6) is 0 Å². The second kappa shape index (κ2) is 10.1. The van der Waals surface area contributed by atoms with E-state index < -0.39 is 5.97 Å². The van der Waals surface area contributed by atoms with E-state index in [2.05, 4.69) is 24.5 Å². The summed E-state index contributed by atoms with van der Waals surface area (Å²) in [5.41, 5.74) is 1.95. The van der Waals surface area contributed by atoms with Gasteiger partial charge >= 0.3 is 5.97 Å². The maximum atomic E-state index is 11.4. The van der Waals surface area contributed by atoms with E-state index in [1.807, 2.05) is 6.07 Å². The van der Waals surface area contributed by atoms with Gasteiger partial charge in [-0.3, -0.25) is 0 Å². The lowest BCUT2D eigenvalue weighted by atomic mass is 10.1. The molecule has 0 heterocycles. The fraction of sp³-hybridized carbons (Fsp3) is 0.588. The minimum absolute atomic E-state index is 0.340. The minimum Gasteiger partial charge on any atom is -0.478 e. The van der Waals surface area contributed by atoms with Gasteiger partial charge in [-0.15, -0.1) is 0 Å². The number of benzene rings is 1. The van der Waals surface area contributed by atoms with Crippen molar-refractivity contribution in [1.29, 1.82) is 0 Å². The molecule has 0 amide bonds. The number of carbonyl (C=O) groups is 1. The maximum Gasteiger partial charge on any atom is 0.337 e. The standard InChI is InChI=1S/C17H28N2O2/c1-3-5-7-12-18-15-11-9-10-14(17(20)21)16(15)19-13-8-6-4-2/h9-11,18-19H,3-8,12-13H2,1-2H3,(H,20,21). The number of unbranched alkanes of at least 4 members (excludes halogenated alkanes) is 4. The molecular formula is C17H28N2O2. The summed E-state index contributed by atoms with van der Waals surface area (Å²) < 4.78 is 0. The van der Waals surface area contributed by atoms with E-state index in [9.17, 15) is 9.90 Å². The van der Waals surface area contributed by atoms with Gasteiger partial charge < -0.3 is 15.7 Å². The van der Waals surface area contributed by atoms with Gasteiger partial charge in [-0.2, -0.15) is 0 Å². The molecule has 0 aliphatic heterocycles. The van der Waals surface area contributed by atoms with Gasteiger partial charge in [-0.05, 0) is 25.0 Å². The van der Waals surface area contributed by atoms with Gasteiger partial charge in [-0.25, -0.2) is 4.79 Å². The Balaban J connectivity index is 2.74. The molecule has 0 bridgehead atoms. The molecule has 1 aromatic rings. The summed E-state index contributed by atoms with van der Waals surface area (Å²) in [5.74, 6) is -0.884. The molecule has 21 heavy (non-hydrogen) atoms. The van der Waals surface area contributed by atoms with Crippen LogP contribution in [-0.2, 0) is 0 Å². The predicted molar refractivity (Wildman–Crippen MR) is 89.4 cm³/mol. The average Bonchev–Trinajstić information content (AvgIpc) is 2.48. The summed E-state index contributed by atoms with van der Waals surface area (Å²) in [6.45, 7) is 6.01. The number of hydrogen-bond donors (Lipinski definition) is 3. The van der Waals surface area contributed by atoms with Crippen molar-refractivity contribution >= 4 is 17.3 Å². The number of hydrogen-bond acceptors (Lipinski definition) is 3. The number of nitrogens with one attached hydrogen (secondary N) is 2. The van der Waals surface area contributed by atoms with Crippen LogP contribution >= 0.6 is 0 Å². The van der Waals surface area contributed by atoms with Gasteiger partial charge in [0.1, 0.15) is 0 Å². The van der Waals surface area contributed by atoms with Crippen LogP contribution in [0, 0.1) is 0 Å². The van der Waals surface area contributed by atoms with Crippen LogP contribution in [0.4, 0.5) is 11.4 Å². The largest absolute Gasteiger partial charge is 0.478 e. The van der Waals surface area contributed by atoms with Gasteiger partial charge in [0.15, 0.2) is 0 Å². The van der Waals surface area contributed by atoms with Crippen molar-refractivity contribution in [2.24, 2.45) is 0 Å². The molecular weight excluding hydrogens is 264 g/mol. The average molecular weight is 292 g/mol. The second-order valence-electron chi connectivity index (χ2n) is 5.30. The van der Waals surface area contributed by atoms with Crippen molar-refractivity contribution in [3.8, 4) is 0 Å². The molecule has 3 N–H and O–H groups in total. The van der Waals surface area contributed by atoms with Crippen molar-refractivity contribution in [3.63, 3.8) is 0 Å². The molecule has 0 aliphatic rings. The summed E-state index contributed by atoms with van der Waals surface area (Å²) in [5, 5.41) is 16.0. The Kier molecular flexibility index (Phi) is 8.32. The number of rotatable bonds is 11. The molecule has 0 spiro atoms. The number of carboxylic acid groups (broad SMARTS) is 1. The van der Waals surface area contributed by atoms with Crippen LogP contribution in [0.1, 0.15) is 62.7 Å². The predicted octanol–water partition coefficient (Wildman–Crippen LogP) is 4.59. The summed E-state index contributed by atoms with van der Waals surface area (Å²) in [4.78, 5) is 11.4. The molecule has 1 aromatic carbocycles. The summed E-state index contributed by atoms with van der Waals surface area (Å²) >= 11 is 0. The Morgan fingerprint density at radius 3 is 2.19 bits per heavy atom. The Labute approximate surface area is 128 Å². The highest BCUT2D eigenvalue weighted by Crippen LogP contribution is 2.26. The molecule has 0 saturated carbocycles. The van der Waals surface area contributed by atoms with Crippen LogP contribution in [-0.4, -0.2) is 24.2 Å². The van der Waals surface area contributed by atoms with Crippen LogP contribution in [0.2, 0.25) is 0 Å². The van der Waals surface area contributed by atoms with Crippen LogP contribution < -0.4 is 10.6 Å². The number of anilines is 2. The fourth-order valence-electron chi connectivity index (χ4n) is 2.25. The van der Waals surface area contributed by atoms with Crippen LogP contribution in [0.15, 0.2) is 18.2 Å². The Bertz CT molecular complexity index is 433. The molecule has 0 fully saturated rings. The third-order valence-corrected chi connectivity index (χ3v) is 3.47. The van der Waals surface area contributed by atoms with Gasteiger partial charge in [-0.1, -0.05) is 45.6 Å². The molecule has 0 radical (unpaired) electrons. The Morgan fingerprint density at radius 2 is 1.62 bits per heavy atom. The van der Waals surface area contributed by atoms with E-state index in [0.29, 0.717) is 5.56 Å². The van der Waals surface area contributed by atoms with E-state index in [-0.39, 0.29) is 0 Å². The van der Waals surface area contributed by atoms with Gasteiger partial charge in [0.05, 0.1) is 16.9 Å². The number of aromatic carboxylic acids is 1. The van der Waals surface area contributed by atoms with E-state index >= 15 is 0 Å². The first-order chi connectivity index (χ1) is 10.2. The van der Waals surface area contributed by atoms with E-state index in [0.717, 1.165) is 50.1 Å². The Hall–Kier alpha value is -1.71. The molecule has 0 aromatic heterocycles. The topological polar surface area (TPSA) is 61.4 Å². The maximum absolute atomic E-state index is 11.4. The summed E-state index contributed by atoms with van der Waals surface area (Å²) in [6.07, 6.45) is 6.83. The summed E-state index contributed by atoms with van der Waals surface area (Å²) in [6, 6.07) is 5.39. The lowest BCUT2D eigenvalue weighted by molar-refractivity contribution is 0.0698. The minimum atomic E-state index is -0.884. The SMILES string of the molecule is CCCCCNc1cccc(C(=O)O)c1NCCCCC. The number of carboxylic acids is 1. The number of para-hydroxylation sites is 1. The zero-order valence-electron chi connectivity index (χ0n) is 13.2. The molecule has 0 unspecified atom stereocenters. The van der Waals surface area contributed by atoms with Crippen molar-refractivity contribution in [3.05, 3.63) is 23.8 Å². The third kappa shape index (κ3) is 6.06. The van der Waals surface area contributed by atoms with Crippen molar-refractivity contribution < 1.29 is 9.90 Å². The van der Waals surface area contributed by atoms with Gasteiger partial charge in [0, 0.05) is 13.1 Å². The molecule has 0 saturated heterocycles. The lowest BCUT2D eigenvalue weighted by Gasteiger charge is -2.16. The van der Waals surface area contributed by atoms with Crippen molar-refractivity contribution in [1.82, 2.24) is 0 Å². The van der Waals surface area contributed by atoms with E-state index in [1.54, 1.807) is 12.1 Å². The normalized spacial score (nSPS) is 10.4. The smallest absolute Gasteiger partial charge is 0.337 e. The molecule has 0 aliphatic carbocycles. The molecule has 0 atom stereocenters. The van der Waals surface area contributed by atoms with Gasteiger partial charge in [0.25, 0.3) is 0 Å². The monoisotopic (exact) mass is 292 g/mol. The highest BCUT2D eigenvalue weighted by molar-refractivity contribution is 5.98. The fourth-order valence-corrected chi connectivity index (χ4v) is 2.25.